The van der Waals surface area contributed by atoms with Crippen LogP contribution in [0.1, 0.15) is 12.0 Å². The second kappa shape index (κ2) is 6.67. The molecule has 0 radical (unpaired) electrons. The van der Waals surface area contributed by atoms with Gasteiger partial charge in [0.05, 0.1) is 0 Å². The van der Waals surface area contributed by atoms with E-state index < -0.39 is 27.8 Å². The summed E-state index contributed by atoms with van der Waals surface area (Å²) in [6, 6.07) is 8.85. The lowest BCUT2D eigenvalue weighted by Crippen LogP contribution is -2.61. The first-order valence-electron chi connectivity index (χ1n) is 6.89. The summed E-state index contributed by atoms with van der Waals surface area (Å²) in [6.07, 6.45) is -4.78. The number of nitrogens with zero attached hydrogens (tertiary/aromatic N) is 1. The summed E-state index contributed by atoms with van der Waals surface area (Å²) in [5.41, 5.74) is 0.172. The normalized spacial score (nSPS) is 18.0. The van der Waals surface area contributed by atoms with Crippen molar-refractivity contribution in [1.29, 1.82) is 0 Å². The molecule has 1 aliphatic heterocycles. The Balaban J connectivity index is 2.04. The van der Waals surface area contributed by atoms with Gasteiger partial charge in [0.2, 0.25) is 0 Å². The fourth-order valence-electron chi connectivity index (χ4n) is 2.57. The van der Waals surface area contributed by atoms with E-state index in [1.165, 1.54) is 0 Å². The molecule has 0 bridgehead atoms. The molecule has 2 rings (SSSR count). The second-order valence-electron chi connectivity index (χ2n) is 5.51. The van der Waals surface area contributed by atoms with Crippen LogP contribution in [0, 0.1) is 0 Å². The Hall–Kier alpha value is -1.69. The Morgan fingerprint density at radius 1 is 1.29 bits per heavy atom. The molecule has 0 atom stereocenters. The third kappa shape index (κ3) is 4.66. The number of nitrogens with one attached hydrogen (secondary N) is 1. The monoisotopic (exact) mass is 367 g/mol. The molecule has 24 heavy (non-hydrogen) atoms. The molecule has 0 spiro atoms. The zero-order chi connectivity index (χ0) is 18.0. The predicted molar refractivity (Wildman–Crippen MR) is 77.6 cm³/mol. The molecule has 1 fully saturated rings. The average Bonchev–Trinajstić information content (AvgIpc) is 2.42. The summed E-state index contributed by atoms with van der Waals surface area (Å²) < 4.78 is 60.7. The van der Waals surface area contributed by atoms with E-state index in [4.69, 9.17) is 5.14 Å². The molecule has 0 amide bonds. The number of benzene rings is 1. The van der Waals surface area contributed by atoms with Crippen LogP contribution in [0.4, 0.5) is 13.2 Å². The Morgan fingerprint density at radius 3 is 2.38 bits per heavy atom. The molecular formula is C13H16F3N3O4S. The maximum absolute atomic E-state index is 12.2. The fraction of sp³-hybridized carbons (Fsp3) is 0.462. The van der Waals surface area contributed by atoms with Crippen LogP contribution in [-0.2, 0) is 25.3 Å². The van der Waals surface area contributed by atoms with Gasteiger partial charge in [0, 0.05) is 25.0 Å². The van der Waals surface area contributed by atoms with Crippen LogP contribution in [0.15, 0.2) is 30.3 Å². The van der Waals surface area contributed by atoms with E-state index in [0.717, 1.165) is 10.6 Å². The summed E-state index contributed by atoms with van der Waals surface area (Å²) in [4.78, 5) is 15.1. The topological polar surface area (TPSA) is 102 Å². The van der Waals surface area contributed by atoms with Crippen LogP contribution in [-0.4, -0.2) is 45.3 Å². The number of rotatable bonds is 6. The third-order valence-electron chi connectivity index (χ3n) is 3.69. The molecule has 1 aliphatic rings. The van der Waals surface area contributed by atoms with Gasteiger partial charge in [-0.25, -0.2) is 14.7 Å². The fourth-order valence-corrected chi connectivity index (χ4v) is 2.96. The Bertz CT molecular complexity index is 688. The second-order valence-corrected chi connectivity index (χ2v) is 6.89. The number of carbonyl (C=O) groups excluding carboxylic acids is 1. The highest BCUT2D eigenvalue weighted by Crippen LogP contribution is 2.38. The third-order valence-corrected chi connectivity index (χ3v) is 4.30. The lowest BCUT2D eigenvalue weighted by Gasteiger charge is -2.48. The molecule has 0 unspecified atom stereocenters. The molecular weight excluding hydrogens is 351 g/mol. The summed E-state index contributed by atoms with van der Waals surface area (Å²) >= 11 is 0. The van der Waals surface area contributed by atoms with Gasteiger partial charge in [-0.2, -0.15) is 21.6 Å². The van der Waals surface area contributed by atoms with E-state index in [0.29, 0.717) is 0 Å². The van der Waals surface area contributed by atoms with Gasteiger partial charge in [0.25, 0.3) is 10.2 Å². The van der Waals surface area contributed by atoms with Crippen LogP contribution < -0.4 is 9.86 Å². The molecule has 7 nitrogen and oxygen atoms in total. The number of alkyl halides is 3. The Morgan fingerprint density at radius 2 is 1.88 bits per heavy atom. The molecule has 11 heteroatoms. The van der Waals surface area contributed by atoms with Gasteiger partial charge in [-0.15, -0.1) is 5.06 Å². The van der Waals surface area contributed by atoms with Crippen molar-refractivity contribution < 1.29 is 31.2 Å². The first-order chi connectivity index (χ1) is 11.0. The smallest absolute Gasteiger partial charge is 0.361 e. The SMILES string of the molecule is NS(=O)(=O)NCCC1(c2ccccc2)CN(OC(=O)C(F)(F)F)C1. The van der Waals surface area contributed by atoms with Gasteiger partial charge in [-0.05, 0) is 12.0 Å². The number of carbonyl (C=O) groups is 1. The van der Waals surface area contributed by atoms with E-state index in [2.05, 4.69) is 9.56 Å². The van der Waals surface area contributed by atoms with Crippen molar-refractivity contribution >= 4 is 16.2 Å². The summed E-state index contributed by atoms with van der Waals surface area (Å²) in [6.45, 7) is 0.0467. The first-order valence-corrected chi connectivity index (χ1v) is 8.43. The number of nitrogens with two attached hydrogens (primary N) is 1. The van der Waals surface area contributed by atoms with Gasteiger partial charge in [-0.3, -0.25) is 0 Å². The maximum Gasteiger partial charge on any atom is 0.492 e. The van der Waals surface area contributed by atoms with E-state index in [-0.39, 0.29) is 26.1 Å². The highest BCUT2D eigenvalue weighted by molar-refractivity contribution is 7.87. The molecule has 0 aliphatic carbocycles. The molecule has 1 heterocycles. The van der Waals surface area contributed by atoms with E-state index in [1.807, 2.05) is 0 Å². The minimum absolute atomic E-state index is 0.00872. The predicted octanol–water partition coefficient (Wildman–Crippen LogP) is 0.444. The van der Waals surface area contributed by atoms with Crippen molar-refractivity contribution in [1.82, 2.24) is 9.79 Å². The minimum Gasteiger partial charge on any atom is -0.361 e. The standard InChI is InChI=1S/C13H16F3N3O4S/c14-13(15,16)11(20)23-19-8-12(9-19,6-7-18-24(17,21)22)10-4-2-1-3-5-10/h1-5,18H,6-9H2,(H2,17,21,22). The molecule has 1 saturated heterocycles. The van der Waals surface area contributed by atoms with Crippen molar-refractivity contribution in [2.24, 2.45) is 5.14 Å². The van der Waals surface area contributed by atoms with Gasteiger partial charge in [0.15, 0.2) is 0 Å². The van der Waals surface area contributed by atoms with Gasteiger partial charge < -0.3 is 4.84 Å². The number of hydrogen-bond donors (Lipinski definition) is 2. The summed E-state index contributed by atoms with van der Waals surface area (Å²) in [5, 5.41) is 5.76. The highest BCUT2D eigenvalue weighted by atomic mass is 32.2. The lowest BCUT2D eigenvalue weighted by molar-refractivity contribution is -0.262. The zero-order valence-electron chi connectivity index (χ0n) is 12.4. The Kier molecular flexibility index (Phi) is 5.18. The van der Waals surface area contributed by atoms with E-state index in [9.17, 15) is 26.4 Å². The average molecular weight is 367 g/mol. The van der Waals surface area contributed by atoms with Crippen molar-refractivity contribution in [2.45, 2.75) is 18.0 Å². The van der Waals surface area contributed by atoms with Crippen molar-refractivity contribution in [3.63, 3.8) is 0 Å². The summed E-state index contributed by atoms with van der Waals surface area (Å²) in [7, 11) is -3.86. The zero-order valence-corrected chi connectivity index (χ0v) is 13.2. The number of hydroxylamine groups is 2. The quantitative estimate of drug-likeness (QED) is 0.760. The van der Waals surface area contributed by atoms with Crippen LogP contribution in [0.3, 0.4) is 0 Å². The van der Waals surface area contributed by atoms with Gasteiger partial charge >= 0.3 is 12.1 Å². The molecule has 1 aromatic rings. The first kappa shape index (κ1) is 18.6. The van der Waals surface area contributed by atoms with Gasteiger partial charge in [-0.1, -0.05) is 30.3 Å². The van der Waals surface area contributed by atoms with Gasteiger partial charge in [0.1, 0.15) is 0 Å². The number of halogens is 3. The lowest BCUT2D eigenvalue weighted by atomic mass is 9.72. The molecule has 0 aromatic heterocycles. The van der Waals surface area contributed by atoms with E-state index in [1.54, 1.807) is 30.3 Å². The van der Waals surface area contributed by atoms with Crippen LogP contribution >= 0.6 is 0 Å². The highest BCUT2D eigenvalue weighted by Gasteiger charge is 2.49. The van der Waals surface area contributed by atoms with Crippen molar-refractivity contribution in [3.8, 4) is 0 Å². The molecule has 134 valence electrons. The Labute approximate surface area is 136 Å². The minimum atomic E-state index is -5.07. The summed E-state index contributed by atoms with van der Waals surface area (Å²) in [5.74, 6) is -2.29. The van der Waals surface area contributed by atoms with Crippen LogP contribution in [0.2, 0.25) is 0 Å². The molecule has 1 aromatic carbocycles. The molecule has 3 N–H and O–H groups in total. The van der Waals surface area contributed by atoms with Crippen molar-refractivity contribution in [3.05, 3.63) is 35.9 Å². The van der Waals surface area contributed by atoms with Crippen LogP contribution in [0.25, 0.3) is 0 Å². The maximum atomic E-state index is 12.2. The largest absolute Gasteiger partial charge is 0.492 e. The van der Waals surface area contributed by atoms with E-state index >= 15 is 0 Å². The molecule has 0 saturated carbocycles. The van der Waals surface area contributed by atoms with Crippen LogP contribution in [0.5, 0.6) is 0 Å². The number of hydrogen-bond acceptors (Lipinski definition) is 5. The van der Waals surface area contributed by atoms with Crippen molar-refractivity contribution in [2.75, 3.05) is 19.6 Å².